The van der Waals surface area contributed by atoms with Crippen molar-refractivity contribution < 1.29 is 18.0 Å². The highest BCUT2D eigenvalue weighted by atomic mass is 35.5. The average Bonchev–Trinajstić information content (AvgIpc) is 2.80. The Balaban J connectivity index is 2.51. The molecule has 11 heteroatoms. The number of hydrogen-bond donors (Lipinski definition) is 1. The number of rotatable bonds is 11. The highest BCUT2D eigenvalue weighted by Gasteiger charge is 2.32. The highest BCUT2D eigenvalue weighted by Crippen LogP contribution is 2.29. The van der Waals surface area contributed by atoms with Crippen molar-refractivity contribution in [1.82, 2.24) is 10.2 Å². The third kappa shape index (κ3) is 7.75. The summed E-state index contributed by atoms with van der Waals surface area (Å²) in [4.78, 5) is 28.3. The molecule has 2 rings (SSSR count). The van der Waals surface area contributed by atoms with Crippen LogP contribution >= 0.6 is 34.8 Å². The van der Waals surface area contributed by atoms with Gasteiger partial charge in [0.25, 0.3) is 0 Å². The highest BCUT2D eigenvalue weighted by molar-refractivity contribution is 7.92. The number of carbonyl (C=O) groups excluding carboxylic acids is 2. The van der Waals surface area contributed by atoms with Gasteiger partial charge in [-0.25, -0.2) is 8.42 Å². The van der Waals surface area contributed by atoms with Crippen LogP contribution in [0.25, 0.3) is 0 Å². The zero-order valence-electron chi connectivity index (χ0n) is 21.0. The van der Waals surface area contributed by atoms with Crippen molar-refractivity contribution in [3.8, 4) is 0 Å². The number of sulfonamides is 1. The number of anilines is 1. The topological polar surface area (TPSA) is 86.8 Å². The first-order chi connectivity index (χ1) is 16.8. The molecular weight excluding hydrogens is 545 g/mol. The van der Waals surface area contributed by atoms with Crippen LogP contribution in [0.3, 0.4) is 0 Å². The average molecular weight is 577 g/mol. The van der Waals surface area contributed by atoms with Gasteiger partial charge in [-0.15, -0.1) is 0 Å². The number of benzene rings is 2. The monoisotopic (exact) mass is 575 g/mol. The van der Waals surface area contributed by atoms with E-state index in [4.69, 9.17) is 34.8 Å². The van der Waals surface area contributed by atoms with Gasteiger partial charge in [0.05, 0.1) is 22.0 Å². The van der Waals surface area contributed by atoms with E-state index >= 15 is 0 Å². The lowest BCUT2D eigenvalue weighted by Crippen LogP contribution is -2.53. The Morgan fingerprint density at radius 2 is 1.67 bits per heavy atom. The minimum Gasteiger partial charge on any atom is -0.352 e. The number of amides is 2. The van der Waals surface area contributed by atoms with Crippen molar-refractivity contribution in [2.45, 2.75) is 59.2 Å². The molecule has 0 aromatic heterocycles. The normalized spacial score (nSPS) is 13.1. The molecule has 2 aromatic carbocycles. The lowest BCUT2D eigenvalue weighted by molar-refractivity contribution is -0.140. The van der Waals surface area contributed by atoms with Crippen molar-refractivity contribution >= 4 is 62.3 Å². The van der Waals surface area contributed by atoms with E-state index in [0.717, 1.165) is 17.0 Å². The number of hydrogen-bond acceptors (Lipinski definition) is 4. The Kier molecular flexibility index (Phi) is 10.9. The molecule has 1 N–H and O–H groups in total. The van der Waals surface area contributed by atoms with Gasteiger partial charge in [-0.3, -0.25) is 13.9 Å². The molecule has 0 spiro atoms. The maximum Gasteiger partial charge on any atom is 0.244 e. The smallest absolute Gasteiger partial charge is 0.244 e. The predicted molar refractivity (Wildman–Crippen MR) is 147 cm³/mol. The predicted octanol–water partition coefficient (Wildman–Crippen LogP) is 5.44. The van der Waals surface area contributed by atoms with E-state index in [2.05, 4.69) is 5.32 Å². The van der Waals surface area contributed by atoms with Gasteiger partial charge in [0.15, 0.2) is 0 Å². The molecule has 0 aliphatic carbocycles. The summed E-state index contributed by atoms with van der Waals surface area (Å²) in [6.45, 7) is 6.83. The van der Waals surface area contributed by atoms with Crippen LogP contribution in [0.1, 0.15) is 44.7 Å². The first-order valence-corrected chi connectivity index (χ1v) is 14.5. The summed E-state index contributed by atoms with van der Waals surface area (Å²) in [6, 6.07) is 8.88. The second-order valence-corrected chi connectivity index (χ2v) is 11.8. The number of carbonyl (C=O) groups is 2. The number of nitrogens with zero attached hydrogens (tertiary/aromatic N) is 2. The first kappa shape index (κ1) is 30.2. The number of halogens is 3. The summed E-state index contributed by atoms with van der Waals surface area (Å²) in [5.41, 5.74) is 1.47. The minimum absolute atomic E-state index is 0.0360. The molecule has 2 amide bonds. The molecule has 0 bridgehead atoms. The van der Waals surface area contributed by atoms with Crippen molar-refractivity contribution in [3.05, 3.63) is 62.6 Å². The Morgan fingerprint density at radius 1 is 1.00 bits per heavy atom. The van der Waals surface area contributed by atoms with Gasteiger partial charge in [-0.1, -0.05) is 60.8 Å². The van der Waals surface area contributed by atoms with Crippen LogP contribution in [0.15, 0.2) is 36.4 Å². The van der Waals surface area contributed by atoms with Gasteiger partial charge in [-0.05, 0) is 62.1 Å². The van der Waals surface area contributed by atoms with Crippen LogP contribution in [0.2, 0.25) is 15.1 Å². The lowest BCUT2D eigenvalue weighted by atomic mass is 10.1. The minimum atomic E-state index is -3.86. The molecule has 2 unspecified atom stereocenters. The maximum absolute atomic E-state index is 13.7. The second-order valence-electron chi connectivity index (χ2n) is 8.67. The Labute approximate surface area is 228 Å². The van der Waals surface area contributed by atoms with Gasteiger partial charge in [0.1, 0.15) is 12.6 Å². The van der Waals surface area contributed by atoms with Gasteiger partial charge >= 0.3 is 0 Å². The Hall–Kier alpha value is -2.00. The molecule has 198 valence electrons. The summed E-state index contributed by atoms with van der Waals surface area (Å²) in [5.74, 6) is -0.859. The third-order valence-electron chi connectivity index (χ3n) is 5.91. The molecule has 0 saturated heterocycles. The molecule has 0 aliphatic rings. The summed E-state index contributed by atoms with van der Waals surface area (Å²) in [7, 11) is -3.86. The molecular formula is C25H32Cl3N3O4S. The fourth-order valence-corrected chi connectivity index (χ4v) is 5.05. The van der Waals surface area contributed by atoms with E-state index in [1.165, 1.54) is 4.90 Å². The van der Waals surface area contributed by atoms with Crippen molar-refractivity contribution in [2.24, 2.45) is 0 Å². The summed E-state index contributed by atoms with van der Waals surface area (Å²) in [6.07, 6.45) is 2.07. The lowest BCUT2D eigenvalue weighted by Gasteiger charge is -2.33. The van der Waals surface area contributed by atoms with E-state index in [1.807, 2.05) is 13.8 Å². The fraction of sp³-hybridized carbons (Fsp3) is 0.440. The largest absolute Gasteiger partial charge is 0.352 e. The van der Waals surface area contributed by atoms with Gasteiger partial charge < -0.3 is 10.2 Å². The van der Waals surface area contributed by atoms with Crippen LogP contribution < -0.4 is 9.62 Å². The van der Waals surface area contributed by atoms with E-state index < -0.39 is 28.5 Å². The molecule has 7 nitrogen and oxygen atoms in total. The maximum atomic E-state index is 13.7. The van der Waals surface area contributed by atoms with E-state index in [9.17, 15) is 18.0 Å². The summed E-state index contributed by atoms with van der Waals surface area (Å²) in [5, 5.41) is 3.97. The van der Waals surface area contributed by atoms with Crippen LogP contribution in [-0.2, 0) is 26.2 Å². The first-order valence-electron chi connectivity index (χ1n) is 11.6. The third-order valence-corrected chi connectivity index (χ3v) is 8.19. The Bertz CT molecular complexity index is 1210. The molecule has 2 aromatic rings. The fourth-order valence-electron chi connectivity index (χ4n) is 3.66. The van der Waals surface area contributed by atoms with Gasteiger partial charge in [-0.2, -0.15) is 0 Å². The van der Waals surface area contributed by atoms with Gasteiger partial charge in [0, 0.05) is 17.6 Å². The molecule has 0 saturated carbocycles. The summed E-state index contributed by atoms with van der Waals surface area (Å²) >= 11 is 18.5. The van der Waals surface area contributed by atoms with E-state index in [-0.39, 0.29) is 18.5 Å². The van der Waals surface area contributed by atoms with Crippen molar-refractivity contribution in [1.29, 1.82) is 0 Å². The summed E-state index contributed by atoms with van der Waals surface area (Å²) < 4.78 is 26.5. The zero-order chi connectivity index (χ0) is 27.2. The molecule has 0 fully saturated rings. The molecule has 36 heavy (non-hydrogen) atoms. The zero-order valence-corrected chi connectivity index (χ0v) is 24.1. The van der Waals surface area contributed by atoms with Crippen LogP contribution in [0.4, 0.5) is 5.69 Å². The van der Waals surface area contributed by atoms with Crippen LogP contribution in [0, 0.1) is 6.92 Å². The number of nitrogens with one attached hydrogen (secondary N) is 1. The van der Waals surface area contributed by atoms with E-state index in [1.54, 1.807) is 50.2 Å². The van der Waals surface area contributed by atoms with E-state index in [0.29, 0.717) is 38.3 Å². The van der Waals surface area contributed by atoms with Gasteiger partial charge in [0.2, 0.25) is 21.8 Å². The Morgan fingerprint density at radius 3 is 2.22 bits per heavy atom. The molecule has 2 atom stereocenters. The standard InChI is InChI=1S/C25H32Cl3N3O4S/c1-6-16(3)29-25(33)22(7-2)30(14-18-11-12-20(27)21(28)13-18)24(32)15-31(36(5,34)35)23-10-8-9-19(26)17(23)4/h8-13,16,22H,6-7,14-15H2,1-5H3,(H,29,33). The van der Waals surface area contributed by atoms with Crippen LogP contribution in [0.5, 0.6) is 0 Å². The second kappa shape index (κ2) is 13.0. The molecule has 0 radical (unpaired) electrons. The quantitative estimate of drug-likeness (QED) is 0.386. The van der Waals surface area contributed by atoms with Crippen LogP contribution in [-0.4, -0.2) is 50.0 Å². The molecule has 0 heterocycles. The molecule has 0 aliphatic heterocycles. The van der Waals surface area contributed by atoms with Crippen molar-refractivity contribution in [2.75, 3.05) is 17.1 Å². The SMILES string of the molecule is CCC(C)NC(=O)C(CC)N(Cc1ccc(Cl)c(Cl)c1)C(=O)CN(c1cccc(Cl)c1C)S(C)(=O)=O. The van der Waals surface area contributed by atoms with Crippen molar-refractivity contribution in [3.63, 3.8) is 0 Å².